The number of carbonyl (C=O) groups is 2. The third-order valence-electron chi connectivity index (χ3n) is 10.4. The summed E-state index contributed by atoms with van der Waals surface area (Å²) in [4.78, 5) is 35.7. The standard InChI is InChI=1S/C27H38N2O6/c1-15(28-33-6)27-22(23(29-35-27)24(31)32-5)14-21-19-8-7-17-13-18(34-16(2)30)9-11-25(17,3)20(19)10-12-26(21,27)4/h7,18-22H,8-14H2,1-6H3. The lowest BCUT2D eigenvalue weighted by Gasteiger charge is -2.58. The van der Waals surface area contributed by atoms with Crippen molar-refractivity contribution in [1.29, 1.82) is 0 Å². The molecule has 8 heteroatoms. The van der Waals surface area contributed by atoms with Crippen LogP contribution in [0.5, 0.6) is 0 Å². The van der Waals surface area contributed by atoms with Crippen molar-refractivity contribution in [3.8, 4) is 0 Å². The molecule has 0 spiro atoms. The molecule has 0 amide bonds. The molecule has 8 atom stereocenters. The third kappa shape index (κ3) is 3.23. The van der Waals surface area contributed by atoms with Crippen molar-refractivity contribution in [1.82, 2.24) is 0 Å². The quantitative estimate of drug-likeness (QED) is 0.253. The number of methoxy groups -OCH3 is 1. The van der Waals surface area contributed by atoms with Gasteiger partial charge in [-0.2, -0.15) is 0 Å². The first-order valence-corrected chi connectivity index (χ1v) is 12.9. The number of ether oxygens (including phenoxy) is 2. The van der Waals surface area contributed by atoms with Crippen LogP contribution in [0.25, 0.3) is 0 Å². The van der Waals surface area contributed by atoms with E-state index in [2.05, 4.69) is 30.2 Å². The average molecular weight is 487 g/mol. The molecule has 0 aromatic rings. The highest BCUT2D eigenvalue weighted by Gasteiger charge is 2.74. The molecule has 1 heterocycles. The van der Waals surface area contributed by atoms with Crippen LogP contribution in [-0.4, -0.2) is 49.3 Å². The summed E-state index contributed by atoms with van der Waals surface area (Å²) in [5.74, 6) is 0.550. The van der Waals surface area contributed by atoms with Gasteiger partial charge < -0.3 is 19.1 Å². The summed E-state index contributed by atoms with van der Waals surface area (Å²) in [5, 5.41) is 8.59. The summed E-state index contributed by atoms with van der Waals surface area (Å²) in [7, 11) is 2.93. The summed E-state index contributed by atoms with van der Waals surface area (Å²) in [5.41, 5.74) is 1.63. The monoisotopic (exact) mass is 486 g/mol. The molecule has 192 valence electrons. The summed E-state index contributed by atoms with van der Waals surface area (Å²) in [6.45, 7) is 8.15. The van der Waals surface area contributed by atoms with Gasteiger partial charge in [-0.1, -0.05) is 35.8 Å². The van der Waals surface area contributed by atoms with Crippen LogP contribution in [0.4, 0.5) is 0 Å². The van der Waals surface area contributed by atoms with E-state index in [1.54, 1.807) is 0 Å². The maximum Gasteiger partial charge on any atom is 0.356 e. The van der Waals surface area contributed by atoms with Gasteiger partial charge in [0.25, 0.3) is 0 Å². The summed E-state index contributed by atoms with van der Waals surface area (Å²) >= 11 is 0. The van der Waals surface area contributed by atoms with Crippen LogP contribution in [-0.2, 0) is 28.7 Å². The van der Waals surface area contributed by atoms with Gasteiger partial charge in [0.05, 0.1) is 13.0 Å². The van der Waals surface area contributed by atoms with E-state index in [0.29, 0.717) is 23.5 Å². The molecule has 5 rings (SSSR count). The number of hydrogen-bond donors (Lipinski definition) is 0. The van der Waals surface area contributed by atoms with Crippen molar-refractivity contribution < 1.29 is 28.7 Å². The van der Waals surface area contributed by atoms with Gasteiger partial charge in [0.1, 0.15) is 18.9 Å². The van der Waals surface area contributed by atoms with Gasteiger partial charge in [0, 0.05) is 18.8 Å². The van der Waals surface area contributed by atoms with Gasteiger partial charge in [0.2, 0.25) is 0 Å². The molecule has 0 saturated heterocycles. The summed E-state index contributed by atoms with van der Waals surface area (Å²) < 4.78 is 10.7. The summed E-state index contributed by atoms with van der Waals surface area (Å²) in [6, 6.07) is 0. The molecular weight excluding hydrogens is 448 g/mol. The first-order valence-electron chi connectivity index (χ1n) is 12.9. The van der Waals surface area contributed by atoms with Gasteiger partial charge in [-0.25, -0.2) is 4.79 Å². The zero-order valence-corrected chi connectivity index (χ0v) is 21.8. The predicted octanol–water partition coefficient (Wildman–Crippen LogP) is 4.43. The van der Waals surface area contributed by atoms with Crippen LogP contribution in [0.15, 0.2) is 22.0 Å². The highest BCUT2D eigenvalue weighted by Crippen LogP contribution is 2.70. The Morgan fingerprint density at radius 3 is 2.60 bits per heavy atom. The van der Waals surface area contributed by atoms with Crippen molar-refractivity contribution in [3.63, 3.8) is 0 Å². The Labute approximate surface area is 207 Å². The van der Waals surface area contributed by atoms with Gasteiger partial charge in [-0.05, 0) is 68.6 Å². The maximum absolute atomic E-state index is 12.7. The molecule has 0 radical (unpaired) electrons. The van der Waals surface area contributed by atoms with Crippen molar-refractivity contribution in [3.05, 3.63) is 11.6 Å². The van der Waals surface area contributed by atoms with E-state index in [4.69, 9.17) is 19.1 Å². The molecule has 0 aromatic heterocycles. The van der Waals surface area contributed by atoms with Crippen LogP contribution in [0, 0.1) is 34.5 Å². The second-order valence-corrected chi connectivity index (χ2v) is 11.6. The Morgan fingerprint density at radius 1 is 1.14 bits per heavy atom. The van der Waals surface area contributed by atoms with Gasteiger partial charge in [-0.15, -0.1) is 0 Å². The van der Waals surface area contributed by atoms with Crippen LogP contribution < -0.4 is 0 Å². The zero-order chi connectivity index (χ0) is 25.2. The Morgan fingerprint density at radius 2 is 1.91 bits per heavy atom. The van der Waals surface area contributed by atoms with E-state index >= 15 is 0 Å². The van der Waals surface area contributed by atoms with Crippen LogP contribution in [0.1, 0.15) is 72.6 Å². The minimum Gasteiger partial charge on any atom is -0.464 e. The van der Waals surface area contributed by atoms with E-state index in [9.17, 15) is 9.59 Å². The topological polar surface area (TPSA) is 95.8 Å². The molecule has 3 fully saturated rings. The average Bonchev–Trinajstić information content (AvgIpc) is 3.32. The summed E-state index contributed by atoms with van der Waals surface area (Å²) in [6.07, 6.45) is 9.06. The fourth-order valence-corrected chi connectivity index (χ4v) is 8.87. The van der Waals surface area contributed by atoms with E-state index < -0.39 is 11.6 Å². The van der Waals surface area contributed by atoms with Crippen molar-refractivity contribution in [2.45, 2.75) is 84.3 Å². The molecule has 1 aliphatic heterocycles. The molecular formula is C27H38N2O6. The molecule has 0 N–H and O–H groups in total. The largest absolute Gasteiger partial charge is 0.464 e. The fourth-order valence-electron chi connectivity index (χ4n) is 8.87. The van der Waals surface area contributed by atoms with Crippen LogP contribution in [0.3, 0.4) is 0 Å². The first kappa shape index (κ1) is 24.3. The predicted molar refractivity (Wildman–Crippen MR) is 130 cm³/mol. The zero-order valence-electron chi connectivity index (χ0n) is 21.8. The number of fused-ring (bicyclic) bond motifs is 7. The van der Waals surface area contributed by atoms with Gasteiger partial charge in [0.15, 0.2) is 11.3 Å². The number of rotatable bonds is 4. The van der Waals surface area contributed by atoms with Crippen molar-refractivity contribution in [2.75, 3.05) is 14.2 Å². The first-order chi connectivity index (χ1) is 16.6. The molecule has 35 heavy (non-hydrogen) atoms. The number of carbonyl (C=O) groups excluding carboxylic acids is 2. The second kappa shape index (κ2) is 8.34. The Kier molecular flexibility index (Phi) is 5.80. The lowest BCUT2D eigenvalue weighted by atomic mass is 9.46. The minimum absolute atomic E-state index is 0.00790. The SMILES string of the molecule is CON=C(C)C12ON=C(C(=O)OC)C1CC1C3CC=C4CC(OC(C)=O)CCC4(C)C3CCC12C. The third-order valence-corrected chi connectivity index (χ3v) is 10.4. The molecule has 3 saturated carbocycles. The molecule has 0 aromatic carbocycles. The smallest absolute Gasteiger partial charge is 0.356 e. The number of nitrogens with zero attached hydrogens (tertiary/aromatic N) is 2. The van der Waals surface area contributed by atoms with Crippen molar-refractivity contribution >= 4 is 23.4 Å². The molecule has 8 unspecified atom stereocenters. The number of hydrogen-bond acceptors (Lipinski definition) is 8. The van der Waals surface area contributed by atoms with Gasteiger partial charge in [-0.3, -0.25) is 4.79 Å². The number of oxime groups is 2. The molecule has 0 bridgehead atoms. The van der Waals surface area contributed by atoms with E-state index in [1.807, 2.05) is 6.92 Å². The highest BCUT2D eigenvalue weighted by atomic mass is 16.7. The number of allylic oxidation sites excluding steroid dienone is 1. The van der Waals surface area contributed by atoms with E-state index in [1.165, 1.54) is 26.7 Å². The number of esters is 2. The van der Waals surface area contributed by atoms with Crippen molar-refractivity contribution in [2.24, 2.45) is 44.8 Å². The Balaban J connectivity index is 1.51. The lowest BCUT2D eigenvalue weighted by Crippen LogP contribution is -2.59. The van der Waals surface area contributed by atoms with Gasteiger partial charge >= 0.3 is 11.9 Å². The highest BCUT2D eigenvalue weighted by molar-refractivity contribution is 6.38. The van der Waals surface area contributed by atoms with Crippen LogP contribution in [0.2, 0.25) is 0 Å². The van der Waals surface area contributed by atoms with E-state index in [0.717, 1.165) is 50.7 Å². The molecule has 4 aliphatic carbocycles. The molecule has 8 nitrogen and oxygen atoms in total. The van der Waals surface area contributed by atoms with Crippen LogP contribution >= 0.6 is 0 Å². The normalized spacial score (nSPS) is 43.9. The van der Waals surface area contributed by atoms with E-state index in [-0.39, 0.29) is 28.8 Å². The molecule has 5 aliphatic rings. The second-order valence-electron chi connectivity index (χ2n) is 11.6. The lowest BCUT2D eigenvalue weighted by molar-refractivity contribution is -0.149. The fraction of sp³-hybridized carbons (Fsp3) is 0.778. The maximum atomic E-state index is 12.7. The Bertz CT molecular complexity index is 1020. The Hall–Kier alpha value is -2.38. The minimum atomic E-state index is -0.806.